The van der Waals surface area contributed by atoms with Gasteiger partial charge < -0.3 is 5.32 Å². The quantitative estimate of drug-likeness (QED) is 0.799. The van der Waals surface area contributed by atoms with Crippen molar-refractivity contribution in [3.63, 3.8) is 0 Å². The van der Waals surface area contributed by atoms with Gasteiger partial charge in [-0.2, -0.15) is 0 Å². The minimum absolute atomic E-state index is 0.381. The number of hydrogen-bond acceptors (Lipinski definition) is 3. The number of aliphatic imine (C=N–C) groups is 1. The van der Waals surface area contributed by atoms with E-state index in [1.165, 1.54) is 0 Å². The lowest BCUT2D eigenvalue weighted by Gasteiger charge is -2.23. The van der Waals surface area contributed by atoms with E-state index in [1.54, 1.807) is 11.8 Å². The predicted octanol–water partition coefficient (Wildman–Crippen LogP) is 4.78. The third-order valence-electron chi connectivity index (χ3n) is 2.52. The van der Waals surface area contributed by atoms with E-state index in [4.69, 9.17) is 11.6 Å². The van der Waals surface area contributed by atoms with E-state index in [0.29, 0.717) is 16.3 Å². The largest absolute Gasteiger partial charge is 0.334 e. The highest BCUT2D eigenvalue weighted by atomic mass is 79.9. The van der Waals surface area contributed by atoms with Crippen molar-refractivity contribution < 1.29 is 0 Å². The van der Waals surface area contributed by atoms with Crippen LogP contribution in [-0.4, -0.2) is 16.5 Å². The van der Waals surface area contributed by atoms with Gasteiger partial charge in [0, 0.05) is 5.25 Å². The van der Waals surface area contributed by atoms with Gasteiger partial charge in [-0.3, -0.25) is 4.99 Å². The molecule has 0 aliphatic carbocycles. The van der Waals surface area contributed by atoms with E-state index in [-0.39, 0.29) is 0 Å². The Morgan fingerprint density at radius 3 is 2.94 bits per heavy atom. The molecule has 0 aromatic heterocycles. The molecular formula is C12H14BrClN2S. The van der Waals surface area contributed by atoms with Crippen molar-refractivity contribution in [2.45, 2.75) is 31.6 Å². The molecule has 0 bridgehead atoms. The van der Waals surface area contributed by atoms with E-state index in [1.807, 2.05) is 18.2 Å². The Hall–Kier alpha value is -0.190. The summed E-state index contributed by atoms with van der Waals surface area (Å²) in [5.41, 5.74) is 0.963. The second-order valence-electron chi connectivity index (χ2n) is 4.17. The molecule has 2 atom stereocenters. The molecular weight excluding hydrogens is 320 g/mol. The number of rotatable bonds is 1. The number of nitrogens with one attached hydrogen (secondary N) is 1. The van der Waals surface area contributed by atoms with Gasteiger partial charge in [0.25, 0.3) is 0 Å². The summed E-state index contributed by atoms with van der Waals surface area (Å²) in [6.07, 6.45) is 1.13. The lowest BCUT2D eigenvalue weighted by atomic mass is 10.2. The van der Waals surface area contributed by atoms with E-state index < -0.39 is 0 Å². The van der Waals surface area contributed by atoms with Crippen LogP contribution in [0.4, 0.5) is 5.69 Å². The molecule has 1 aromatic rings. The first kappa shape index (κ1) is 13.2. The smallest absolute Gasteiger partial charge is 0.161 e. The van der Waals surface area contributed by atoms with Crippen LogP contribution in [0.5, 0.6) is 0 Å². The van der Waals surface area contributed by atoms with Crippen LogP contribution < -0.4 is 5.32 Å². The Balaban J connectivity index is 2.18. The Kier molecular flexibility index (Phi) is 4.39. The molecule has 1 aromatic carbocycles. The zero-order valence-electron chi connectivity index (χ0n) is 9.71. The van der Waals surface area contributed by atoms with Crippen molar-refractivity contribution in [3.05, 3.63) is 27.7 Å². The van der Waals surface area contributed by atoms with Crippen molar-refractivity contribution in [1.29, 1.82) is 0 Å². The molecule has 1 N–H and O–H groups in total. The summed E-state index contributed by atoms with van der Waals surface area (Å²) in [6, 6.07) is 6.16. The summed E-state index contributed by atoms with van der Waals surface area (Å²) in [7, 11) is 0. The topological polar surface area (TPSA) is 24.4 Å². The first-order chi connectivity index (χ1) is 8.06. The molecule has 2 rings (SSSR count). The summed E-state index contributed by atoms with van der Waals surface area (Å²) in [5.74, 6) is 0. The number of halogens is 2. The van der Waals surface area contributed by atoms with Gasteiger partial charge in [-0.05, 0) is 41.4 Å². The number of hydrogen-bond donors (Lipinski definition) is 1. The van der Waals surface area contributed by atoms with Crippen molar-refractivity contribution >= 4 is 50.1 Å². The zero-order chi connectivity index (χ0) is 12.4. The highest BCUT2D eigenvalue weighted by molar-refractivity contribution is 9.10. The van der Waals surface area contributed by atoms with E-state index in [9.17, 15) is 0 Å². The molecule has 17 heavy (non-hydrogen) atoms. The zero-order valence-corrected chi connectivity index (χ0v) is 12.9. The summed E-state index contributed by atoms with van der Waals surface area (Å²) < 4.78 is 0.885. The van der Waals surface area contributed by atoms with Gasteiger partial charge in [0.2, 0.25) is 0 Å². The van der Waals surface area contributed by atoms with Crippen LogP contribution in [-0.2, 0) is 0 Å². The van der Waals surface area contributed by atoms with Gasteiger partial charge in [-0.1, -0.05) is 36.4 Å². The number of nitrogens with zero attached hydrogens (tertiary/aromatic N) is 1. The maximum Gasteiger partial charge on any atom is 0.161 e. The Labute approximate surface area is 119 Å². The van der Waals surface area contributed by atoms with E-state index >= 15 is 0 Å². The molecule has 0 amide bonds. The summed E-state index contributed by atoms with van der Waals surface area (Å²) in [4.78, 5) is 4.60. The molecule has 2 nitrogen and oxygen atoms in total. The fourth-order valence-corrected chi connectivity index (χ4v) is 3.48. The monoisotopic (exact) mass is 332 g/mol. The summed E-state index contributed by atoms with van der Waals surface area (Å²) in [6.45, 7) is 4.37. The average molecular weight is 334 g/mol. The molecule has 1 aliphatic rings. The number of anilines is 1. The van der Waals surface area contributed by atoms with Gasteiger partial charge in [-0.25, -0.2) is 0 Å². The van der Waals surface area contributed by atoms with Gasteiger partial charge in [-0.15, -0.1) is 0 Å². The van der Waals surface area contributed by atoms with Crippen LogP contribution in [0.1, 0.15) is 20.3 Å². The van der Waals surface area contributed by atoms with Crippen LogP contribution in [0, 0.1) is 0 Å². The Morgan fingerprint density at radius 1 is 1.47 bits per heavy atom. The van der Waals surface area contributed by atoms with Gasteiger partial charge >= 0.3 is 0 Å². The van der Waals surface area contributed by atoms with Crippen LogP contribution in [0.2, 0.25) is 5.02 Å². The predicted molar refractivity (Wildman–Crippen MR) is 81.3 cm³/mol. The fraction of sp³-hybridized carbons (Fsp3) is 0.417. The third kappa shape index (κ3) is 3.39. The number of thioether (sulfide) groups is 1. The minimum Gasteiger partial charge on any atom is -0.334 e. The average Bonchev–Trinajstić information content (AvgIpc) is 2.23. The Bertz CT molecular complexity index is 450. The maximum absolute atomic E-state index is 6.06. The first-order valence-electron chi connectivity index (χ1n) is 5.51. The van der Waals surface area contributed by atoms with Crippen LogP contribution >= 0.6 is 39.3 Å². The normalized spacial score (nSPS) is 24.4. The van der Waals surface area contributed by atoms with Crippen LogP contribution in [0.15, 0.2) is 27.7 Å². The molecule has 0 spiro atoms. The van der Waals surface area contributed by atoms with E-state index in [0.717, 1.165) is 21.7 Å². The van der Waals surface area contributed by atoms with Gasteiger partial charge in [0.1, 0.15) is 0 Å². The van der Waals surface area contributed by atoms with Crippen molar-refractivity contribution in [3.8, 4) is 0 Å². The fourth-order valence-electron chi connectivity index (χ4n) is 1.78. The van der Waals surface area contributed by atoms with Crippen molar-refractivity contribution in [2.24, 2.45) is 4.99 Å². The molecule has 1 aliphatic heterocycles. The second kappa shape index (κ2) is 5.63. The lowest BCUT2D eigenvalue weighted by Crippen LogP contribution is -2.22. The molecule has 92 valence electrons. The molecule has 0 saturated carbocycles. The highest BCUT2D eigenvalue weighted by Gasteiger charge is 2.19. The van der Waals surface area contributed by atoms with Crippen LogP contribution in [0.25, 0.3) is 0 Å². The molecule has 0 fully saturated rings. The van der Waals surface area contributed by atoms with Gasteiger partial charge in [0.15, 0.2) is 5.17 Å². The molecule has 2 unspecified atom stereocenters. The van der Waals surface area contributed by atoms with Crippen LogP contribution in [0.3, 0.4) is 0 Å². The summed E-state index contributed by atoms with van der Waals surface area (Å²) in [5, 5.41) is 5.61. The number of amidine groups is 1. The molecule has 1 heterocycles. The van der Waals surface area contributed by atoms with Crippen molar-refractivity contribution in [1.82, 2.24) is 0 Å². The minimum atomic E-state index is 0.381. The molecule has 5 heteroatoms. The molecule has 0 saturated heterocycles. The molecule has 0 radical (unpaired) electrons. The Morgan fingerprint density at radius 2 is 2.24 bits per heavy atom. The second-order valence-corrected chi connectivity index (χ2v) is 6.80. The SMILES string of the molecule is CC1CC(C)SC(Nc2cccc(Cl)c2Br)=N1. The van der Waals surface area contributed by atoms with Crippen molar-refractivity contribution in [2.75, 3.05) is 5.32 Å². The lowest BCUT2D eigenvalue weighted by molar-refractivity contribution is 0.661. The third-order valence-corrected chi connectivity index (χ3v) is 4.94. The maximum atomic E-state index is 6.06. The highest BCUT2D eigenvalue weighted by Crippen LogP contribution is 2.32. The first-order valence-corrected chi connectivity index (χ1v) is 7.57. The van der Waals surface area contributed by atoms with E-state index in [2.05, 4.69) is 40.1 Å². The number of benzene rings is 1. The standard InChI is InChI=1S/C12H14BrClN2S/c1-7-6-8(2)17-12(15-7)16-10-5-3-4-9(14)11(10)13/h3-5,7-8H,6H2,1-2H3,(H,15,16). The summed E-state index contributed by atoms with van der Waals surface area (Å²) >= 11 is 11.3. The van der Waals surface area contributed by atoms with Gasteiger partial charge in [0.05, 0.1) is 21.2 Å².